The molecule has 2 heterocycles. The Labute approximate surface area is 111 Å². The van der Waals surface area contributed by atoms with E-state index >= 15 is 0 Å². The lowest BCUT2D eigenvalue weighted by molar-refractivity contribution is 0.550. The van der Waals surface area contributed by atoms with Crippen LogP contribution in [-0.4, -0.2) is 24.1 Å². The second kappa shape index (κ2) is 5.61. The molecule has 1 atom stereocenters. The maximum absolute atomic E-state index is 4.49. The smallest absolute Gasteiger partial charge is 0.123 e. The van der Waals surface area contributed by atoms with Crippen molar-refractivity contribution in [2.75, 3.05) is 13.1 Å². The van der Waals surface area contributed by atoms with Gasteiger partial charge in [-0.1, -0.05) is 30.3 Å². The van der Waals surface area contributed by atoms with E-state index in [2.05, 4.69) is 39.9 Å². The highest BCUT2D eigenvalue weighted by Gasteiger charge is 2.13. The van der Waals surface area contributed by atoms with Crippen molar-refractivity contribution in [3.05, 3.63) is 41.4 Å². The SMILES string of the molecule is c1ccc(-c2ncc(CNC3CCNC3)s2)cc1. The van der Waals surface area contributed by atoms with E-state index in [1.54, 1.807) is 11.3 Å². The van der Waals surface area contributed by atoms with Crippen LogP contribution in [0, 0.1) is 0 Å². The molecule has 1 fully saturated rings. The van der Waals surface area contributed by atoms with Crippen LogP contribution in [0.15, 0.2) is 36.5 Å². The Bertz CT molecular complexity index is 489. The monoisotopic (exact) mass is 259 g/mol. The zero-order chi connectivity index (χ0) is 12.2. The fourth-order valence-corrected chi connectivity index (χ4v) is 3.05. The van der Waals surface area contributed by atoms with E-state index in [1.165, 1.54) is 16.9 Å². The molecule has 3 nitrogen and oxygen atoms in total. The van der Waals surface area contributed by atoms with Gasteiger partial charge in [-0.2, -0.15) is 0 Å². The third kappa shape index (κ3) is 2.77. The van der Waals surface area contributed by atoms with Crippen LogP contribution in [0.25, 0.3) is 10.6 Å². The molecule has 94 valence electrons. The van der Waals surface area contributed by atoms with Crippen molar-refractivity contribution >= 4 is 11.3 Å². The van der Waals surface area contributed by atoms with Gasteiger partial charge < -0.3 is 10.6 Å². The molecule has 1 aliphatic rings. The molecule has 0 radical (unpaired) electrons. The van der Waals surface area contributed by atoms with E-state index in [9.17, 15) is 0 Å². The summed E-state index contributed by atoms with van der Waals surface area (Å²) in [5.74, 6) is 0. The molecular weight excluding hydrogens is 242 g/mol. The van der Waals surface area contributed by atoms with Crippen molar-refractivity contribution in [2.45, 2.75) is 19.0 Å². The van der Waals surface area contributed by atoms with Crippen molar-refractivity contribution < 1.29 is 0 Å². The van der Waals surface area contributed by atoms with Crippen LogP contribution in [0.3, 0.4) is 0 Å². The molecule has 0 bridgehead atoms. The largest absolute Gasteiger partial charge is 0.315 e. The van der Waals surface area contributed by atoms with Gasteiger partial charge in [0.05, 0.1) is 0 Å². The lowest BCUT2D eigenvalue weighted by Gasteiger charge is -2.08. The molecule has 0 aliphatic carbocycles. The van der Waals surface area contributed by atoms with Gasteiger partial charge in [0, 0.05) is 35.8 Å². The van der Waals surface area contributed by atoms with E-state index in [0.29, 0.717) is 6.04 Å². The summed E-state index contributed by atoms with van der Waals surface area (Å²) in [5.41, 5.74) is 1.20. The van der Waals surface area contributed by atoms with Crippen LogP contribution in [0.2, 0.25) is 0 Å². The van der Waals surface area contributed by atoms with Crippen LogP contribution in [0.5, 0.6) is 0 Å². The van der Waals surface area contributed by atoms with Gasteiger partial charge in [0.1, 0.15) is 5.01 Å². The van der Waals surface area contributed by atoms with Crippen molar-refractivity contribution in [2.24, 2.45) is 0 Å². The molecule has 0 amide bonds. The van der Waals surface area contributed by atoms with Crippen LogP contribution >= 0.6 is 11.3 Å². The first-order valence-electron chi connectivity index (χ1n) is 6.36. The first-order chi connectivity index (χ1) is 8.92. The molecule has 1 saturated heterocycles. The number of nitrogens with zero attached hydrogens (tertiary/aromatic N) is 1. The second-order valence-electron chi connectivity index (χ2n) is 4.57. The van der Waals surface area contributed by atoms with Gasteiger partial charge in [-0.15, -0.1) is 11.3 Å². The zero-order valence-electron chi connectivity index (χ0n) is 10.2. The summed E-state index contributed by atoms with van der Waals surface area (Å²) in [6.07, 6.45) is 3.22. The molecule has 0 saturated carbocycles. The normalized spacial score (nSPS) is 19.2. The minimum atomic E-state index is 0.618. The fourth-order valence-electron chi connectivity index (χ4n) is 2.18. The maximum Gasteiger partial charge on any atom is 0.123 e. The van der Waals surface area contributed by atoms with Crippen molar-refractivity contribution in [3.8, 4) is 10.6 Å². The molecule has 2 N–H and O–H groups in total. The molecule has 0 spiro atoms. The second-order valence-corrected chi connectivity index (χ2v) is 5.68. The molecule has 18 heavy (non-hydrogen) atoms. The highest BCUT2D eigenvalue weighted by molar-refractivity contribution is 7.15. The number of rotatable bonds is 4. The molecule has 1 aliphatic heterocycles. The predicted octanol–water partition coefficient (Wildman–Crippen LogP) is 2.26. The summed E-state index contributed by atoms with van der Waals surface area (Å²) in [4.78, 5) is 5.80. The van der Waals surface area contributed by atoms with Gasteiger partial charge in [-0.25, -0.2) is 4.98 Å². The lowest BCUT2D eigenvalue weighted by atomic mass is 10.2. The standard InChI is InChI=1S/C14H17N3S/c1-2-4-11(5-3-1)14-17-10-13(18-14)9-16-12-6-7-15-8-12/h1-5,10,12,15-16H,6-9H2. The van der Waals surface area contributed by atoms with Crippen LogP contribution < -0.4 is 10.6 Å². The van der Waals surface area contributed by atoms with Crippen LogP contribution in [0.4, 0.5) is 0 Å². The number of thiazole rings is 1. The Hall–Kier alpha value is -1.23. The Morgan fingerprint density at radius 2 is 2.22 bits per heavy atom. The Morgan fingerprint density at radius 3 is 3.00 bits per heavy atom. The first kappa shape index (κ1) is 11.8. The third-order valence-corrected chi connectivity index (χ3v) is 4.25. The molecule has 4 heteroatoms. The summed E-state index contributed by atoms with van der Waals surface area (Å²) in [5, 5.41) is 8.04. The minimum absolute atomic E-state index is 0.618. The summed E-state index contributed by atoms with van der Waals surface area (Å²) in [6, 6.07) is 11.0. The van der Waals surface area contributed by atoms with Gasteiger partial charge in [0.15, 0.2) is 0 Å². The van der Waals surface area contributed by atoms with Gasteiger partial charge in [0.2, 0.25) is 0 Å². The summed E-state index contributed by atoms with van der Waals surface area (Å²) < 4.78 is 0. The molecule has 1 unspecified atom stereocenters. The van der Waals surface area contributed by atoms with Crippen molar-refractivity contribution in [1.82, 2.24) is 15.6 Å². The molecule has 1 aromatic carbocycles. The Balaban J connectivity index is 1.63. The van der Waals surface area contributed by atoms with E-state index in [1.807, 2.05) is 12.3 Å². The molecule has 1 aromatic heterocycles. The lowest BCUT2D eigenvalue weighted by Crippen LogP contribution is -2.30. The minimum Gasteiger partial charge on any atom is -0.315 e. The average molecular weight is 259 g/mol. The number of nitrogens with one attached hydrogen (secondary N) is 2. The topological polar surface area (TPSA) is 37.0 Å². The fraction of sp³-hybridized carbons (Fsp3) is 0.357. The molecule has 2 aromatic rings. The predicted molar refractivity (Wildman–Crippen MR) is 75.7 cm³/mol. The van der Waals surface area contributed by atoms with E-state index in [-0.39, 0.29) is 0 Å². The first-order valence-corrected chi connectivity index (χ1v) is 7.18. The van der Waals surface area contributed by atoms with Gasteiger partial charge in [0.25, 0.3) is 0 Å². The van der Waals surface area contributed by atoms with Crippen molar-refractivity contribution in [1.29, 1.82) is 0 Å². The quantitative estimate of drug-likeness (QED) is 0.884. The van der Waals surface area contributed by atoms with E-state index in [0.717, 1.165) is 24.6 Å². The number of hydrogen-bond donors (Lipinski definition) is 2. The maximum atomic E-state index is 4.49. The number of hydrogen-bond acceptors (Lipinski definition) is 4. The Kier molecular flexibility index (Phi) is 3.69. The Morgan fingerprint density at radius 1 is 1.33 bits per heavy atom. The third-order valence-electron chi connectivity index (χ3n) is 3.20. The van der Waals surface area contributed by atoms with Gasteiger partial charge >= 0.3 is 0 Å². The van der Waals surface area contributed by atoms with Crippen molar-refractivity contribution in [3.63, 3.8) is 0 Å². The molecular formula is C14H17N3S. The van der Waals surface area contributed by atoms with Crippen LogP contribution in [-0.2, 0) is 6.54 Å². The van der Waals surface area contributed by atoms with E-state index < -0.39 is 0 Å². The average Bonchev–Trinajstić information content (AvgIpc) is 3.09. The molecule has 3 rings (SSSR count). The van der Waals surface area contributed by atoms with Gasteiger partial charge in [-0.05, 0) is 13.0 Å². The summed E-state index contributed by atoms with van der Waals surface area (Å²) in [7, 11) is 0. The highest BCUT2D eigenvalue weighted by Crippen LogP contribution is 2.24. The number of aromatic nitrogens is 1. The summed E-state index contributed by atoms with van der Waals surface area (Å²) >= 11 is 1.78. The van der Waals surface area contributed by atoms with E-state index in [4.69, 9.17) is 0 Å². The van der Waals surface area contributed by atoms with Crippen LogP contribution in [0.1, 0.15) is 11.3 Å². The number of benzene rings is 1. The zero-order valence-corrected chi connectivity index (χ0v) is 11.0. The van der Waals surface area contributed by atoms with Gasteiger partial charge in [-0.3, -0.25) is 0 Å². The highest BCUT2D eigenvalue weighted by atomic mass is 32.1. The summed E-state index contributed by atoms with van der Waals surface area (Å²) in [6.45, 7) is 3.15.